The third kappa shape index (κ3) is 17.6. The molecule has 0 unspecified atom stereocenters. The number of carboxylic acid groups (broad SMARTS) is 1. The van der Waals surface area contributed by atoms with Gasteiger partial charge in [-0.15, -0.1) is 0 Å². The van der Waals surface area contributed by atoms with Gasteiger partial charge < -0.3 is 21.2 Å². The molecule has 0 aromatic heterocycles. The van der Waals surface area contributed by atoms with Crippen LogP contribution in [-0.4, -0.2) is 42.7 Å². The first-order valence-corrected chi connectivity index (χ1v) is 3.34. The second-order valence-corrected chi connectivity index (χ2v) is 2.02. The van der Waals surface area contributed by atoms with Gasteiger partial charge >= 0.3 is 0 Å². The van der Waals surface area contributed by atoms with E-state index in [9.17, 15) is 0 Å². The van der Waals surface area contributed by atoms with Crippen LogP contribution >= 0.6 is 0 Å². The fourth-order valence-corrected chi connectivity index (χ4v) is 0.604. The first-order chi connectivity index (χ1) is 4.73. The molecule has 0 aromatic carbocycles. The predicted octanol–water partition coefficient (Wildman–Crippen LogP) is -1.55. The molecule has 0 bridgehead atoms. The molecular weight excluding hydrogens is 148 g/mol. The highest BCUT2D eigenvalue weighted by Gasteiger charge is 1.91. The molecule has 0 atom stereocenters. The average molecular weight is 164 g/mol. The number of piperazine rings is 1. The van der Waals surface area contributed by atoms with E-state index >= 15 is 0 Å². The van der Waals surface area contributed by atoms with Crippen molar-refractivity contribution in [1.82, 2.24) is 10.6 Å². The van der Waals surface area contributed by atoms with Crippen LogP contribution in [0, 0.1) is 0 Å². The van der Waals surface area contributed by atoms with Crippen LogP contribution in [0.5, 0.6) is 0 Å². The topological polar surface area (TPSA) is 92.9 Å². The lowest BCUT2D eigenvalue weighted by atomic mass is 10.4. The first-order valence-electron chi connectivity index (χ1n) is 3.34. The molecule has 1 aliphatic heterocycles. The van der Waals surface area contributed by atoms with Crippen molar-refractivity contribution in [3.63, 3.8) is 0 Å². The third-order valence-corrected chi connectivity index (χ3v) is 0.957. The second kappa shape index (κ2) is 9.35. The van der Waals surface area contributed by atoms with E-state index in [1.807, 2.05) is 0 Å². The van der Waals surface area contributed by atoms with Gasteiger partial charge in [0.2, 0.25) is 0 Å². The van der Waals surface area contributed by atoms with Crippen molar-refractivity contribution >= 4 is 5.97 Å². The smallest absolute Gasteiger partial charge is 0.300 e. The molecule has 1 aliphatic rings. The molecule has 1 rings (SSSR count). The highest BCUT2D eigenvalue weighted by atomic mass is 16.4. The van der Waals surface area contributed by atoms with Crippen LogP contribution < -0.4 is 10.6 Å². The zero-order valence-corrected chi connectivity index (χ0v) is 6.68. The third-order valence-electron chi connectivity index (χ3n) is 0.957. The molecule has 0 aliphatic carbocycles. The molecular formula is C6H16N2O3. The van der Waals surface area contributed by atoms with Crippen molar-refractivity contribution in [3.05, 3.63) is 0 Å². The molecule has 0 amide bonds. The molecule has 68 valence electrons. The molecule has 0 aromatic rings. The number of carboxylic acids is 1. The SMILES string of the molecule is C1CNCCN1.CC(=O)O.O. The number of nitrogens with one attached hydrogen (secondary N) is 2. The summed E-state index contributed by atoms with van der Waals surface area (Å²) in [4.78, 5) is 9.00. The standard InChI is InChI=1S/C4H10N2.C2H4O2.H2O/c1-2-6-4-3-5-1;1-2(3)4;/h5-6H,1-4H2;1H3,(H,3,4);1H2. The van der Waals surface area contributed by atoms with Crippen molar-refractivity contribution < 1.29 is 15.4 Å². The van der Waals surface area contributed by atoms with Gasteiger partial charge in [0.15, 0.2) is 0 Å². The Bertz CT molecular complexity index is 78.3. The molecule has 5 nitrogen and oxygen atoms in total. The molecule has 11 heavy (non-hydrogen) atoms. The Morgan fingerprint density at radius 3 is 1.45 bits per heavy atom. The minimum Gasteiger partial charge on any atom is -0.481 e. The van der Waals surface area contributed by atoms with Crippen LogP contribution in [0.3, 0.4) is 0 Å². The summed E-state index contributed by atoms with van der Waals surface area (Å²) < 4.78 is 0. The first kappa shape index (κ1) is 13.0. The highest BCUT2D eigenvalue weighted by molar-refractivity contribution is 5.62. The Hall–Kier alpha value is -0.650. The maximum Gasteiger partial charge on any atom is 0.300 e. The zero-order valence-electron chi connectivity index (χ0n) is 6.68. The normalized spacial score (nSPS) is 15.4. The van der Waals surface area contributed by atoms with E-state index in [-0.39, 0.29) is 5.48 Å². The van der Waals surface area contributed by atoms with E-state index in [0.717, 1.165) is 33.1 Å². The lowest BCUT2D eigenvalue weighted by molar-refractivity contribution is -0.134. The van der Waals surface area contributed by atoms with Gasteiger partial charge in [-0.3, -0.25) is 4.79 Å². The molecule has 5 heteroatoms. The predicted molar refractivity (Wildman–Crippen MR) is 42.7 cm³/mol. The number of hydrogen-bond acceptors (Lipinski definition) is 3. The van der Waals surface area contributed by atoms with Gasteiger partial charge in [0, 0.05) is 33.1 Å². The molecule has 1 saturated heterocycles. The summed E-state index contributed by atoms with van der Waals surface area (Å²) >= 11 is 0. The monoisotopic (exact) mass is 164 g/mol. The Labute approximate surface area is 66.1 Å². The summed E-state index contributed by atoms with van der Waals surface area (Å²) in [7, 11) is 0. The summed E-state index contributed by atoms with van der Waals surface area (Å²) in [5.41, 5.74) is 0. The van der Waals surface area contributed by atoms with Gasteiger partial charge in [0.1, 0.15) is 0 Å². The Kier molecular flexibility index (Phi) is 11.0. The van der Waals surface area contributed by atoms with Crippen molar-refractivity contribution in [2.75, 3.05) is 26.2 Å². The number of carbonyl (C=O) groups is 1. The maximum absolute atomic E-state index is 9.00. The highest BCUT2D eigenvalue weighted by Crippen LogP contribution is 1.65. The van der Waals surface area contributed by atoms with E-state index in [4.69, 9.17) is 9.90 Å². The number of rotatable bonds is 0. The van der Waals surface area contributed by atoms with Crippen LogP contribution in [0.1, 0.15) is 6.92 Å². The van der Waals surface area contributed by atoms with E-state index in [0.29, 0.717) is 0 Å². The van der Waals surface area contributed by atoms with Gasteiger partial charge in [-0.05, 0) is 0 Å². The quantitative estimate of drug-likeness (QED) is 0.404. The Balaban J connectivity index is 0. The summed E-state index contributed by atoms with van der Waals surface area (Å²) in [5, 5.41) is 13.9. The van der Waals surface area contributed by atoms with Crippen molar-refractivity contribution in [1.29, 1.82) is 0 Å². The Morgan fingerprint density at radius 1 is 1.18 bits per heavy atom. The van der Waals surface area contributed by atoms with Crippen LogP contribution in [0.2, 0.25) is 0 Å². The fraction of sp³-hybridized carbons (Fsp3) is 0.833. The van der Waals surface area contributed by atoms with Gasteiger partial charge in [0.05, 0.1) is 0 Å². The largest absolute Gasteiger partial charge is 0.481 e. The minimum absolute atomic E-state index is 0. The van der Waals surface area contributed by atoms with Crippen LogP contribution in [0.15, 0.2) is 0 Å². The lowest BCUT2D eigenvalue weighted by Gasteiger charge is -2.11. The lowest BCUT2D eigenvalue weighted by Crippen LogP contribution is -2.39. The van der Waals surface area contributed by atoms with Gasteiger partial charge in [-0.1, -0.05) is 0 Å². The summed E-state index contributed by atoms with van der Waals surface area (Å²) in [5.74, 6) is -0.833. The summed E-state index contributed by atoms with van der Waals surface area (Å²) in [6.07, 6.45) is 0. The molecule has 1 heterocycles. The zero-order chi connectivity index (χ0) is 7.82. The second-order valence-electron chi connectivity index (χ2n) is 2.02. The number of hydrogen-bond donors (Lipinski definition) is 3. The molecule has 1 fully saturated rings. The van der Waals surface area contributed by atoms with Gasteiger partial charge in [-0.25, -0.2) is 0 Å². The minimum atomic E-state index is -0.833. The number of aliphatic carboxylic acids is 1. The van der Waals surface area contributed by atoms with Crippen LogP contribution in [0.4, 0.5) is 0 Å². The van der Waals surface area contributed by atoms with E-state index in [1.165, 1.54) is 0 Å². The van der Waals surface area contributed by atoms with E-state index in [2.05, 4.69) is 10.6 Å². The van der Waals surface area contributed by atoms with E-state index in [1.54, 1.807) is 0 Å². The van der Waals surface area contributed by atoms with Crippen molar-refractivity contribution in [3.8, 4) is 0 Å². The van der Waals surface area contributed by atoms with E-state index < -0.39 is 5.97 Å². The van der Waals surface area contributed by atoms with Gasteiger partial charge in [0.25, 0.3) is 5.97 Å². The summed E-state index contributed by atoms with van der Waals surface area (Å²) in [6.45, 7) is 5.64. The maximum atomic E-state index is 9.00. The molecule has 5 N–H and O–H groups in total. The van der Waals surface area contributed by atoms with Crippen molar-refractivity contribution in [2.45, 2.75) is 6.92 Å². The molecule has 0 spiro atoms. The molecule has 0 saturated carbocycles. The van der Waals surface area contributed by atoms with Crippen LogP contribution in [-0.2, 0) is 4.79 Å². The average Bonchev–Trinajstić information content (AvgIpc) is 1.90. The Morgan fingerprint density at radius 2 is 1.36 bits per heavy atom. The molecule has 0 radical (unpaired) electrons. The van der Waals surface area contributed by atoms with Crippen LogP contribution in [0.25, 0.3) is 0 Å². The summed E-state index contributed by atoms with van der Waals surface area (Å²) in [6, 6.07) is 0. The van der Waals surface area contributed by atoms with Crippen molar-refractivity contribution in [2.24, 2.45) is 0 Å². The van der Waals surface area contributed by atoms with Gasteiger partial charge in [-0.2, -0.15) is 0 Å². The fourth-order valence-electron chi connectivity index (χ4n) is 0.604.